The van der Waals surface area contributed by atoms with Crippen LogP contribution in [0.3, 0.4) is 0 Å². The SMILES string of the molecule is OCCC(O)c1cc(OC(F)(F)F)ccc1F. The first-order valence-corrected chi connectivity index (χ1v) is 4.67. The molecule has 0 aliphatic carbocycles. The minimum Gasteiger partial charge on any atom is -0.406 e. The number of halogens is 4. The summed E-state index contributed by atoms with van der Waals surface area (Å²) in [4.78, 5) is 0. The van der Waals surface area contributed by atoms with Gasteiger partial charge in [0.2, 0.25) is 0 Å². The van der Waals surface area contributed by atoms with Crippen molar-refractivity contribution in [1.82, 2.24) is 0 Å². The van der Waals surface area contributed by atoms with E-state index in [-0.39, 0.29) is 12.0 Å². The molecule has 17 heavy (non-hydrogen) atoms. The van der Waals surface area contributed by atoms with Gasteiger partial charge >= 0.3 is 6.36 Å². The van der Waals surface area contributed by atoms with E-state index in [0.29, 0.717) is 0 Å². The molecule has 0 amide bonds. The van der Waals surface area contributed by atoms with Gasteiger partial charge in [-0.1, -0.05) is 0 Å². The van der Waals surface area contributed by atoms with Crippen LogP contribution in [0.1, 0.15) is 18.1 Å². The van der Waals surface area contributed by atoms with Crippen LogP contribution in [-0.2, 0) is 0 Å². The lowest BCUT2D eigenvalue weighted by molar-refractivity contribution is -0.274. The smallest absolute Gasteiger partial charge is 0.406 e. The number of aliphatic hydroxyl groups excluding tert-OH is 2. The Kier molecular flexibility index (Phi) is 4.30. The van der Waals surface area contributed by atoms with E-state index in [9.17, 15) is 22.7 Å². The summed E-state index contributed by atoms with van der Waals surface area (Å²) in [6, 6.07) is 2.32. The van der Waals surface area contributed by atoms with Crippen molar-refractivity contribution in [2.45, 2.75) is 18.9 Å². The third-order valence-electron chi connectivity index (χ3n) is 1.96. The molecule has 96 valence electrons. The molecule has 2 N–H and O–H groups in total. The molecule has 0 bridgehead atoms. The molecule has 0 spiro atoms. The molecule has 1 aromatic rings. The first kappa shape index (κ1) is 13.7. The second kappa shape index (κ2) is 5.33. The van der Waals surface area contributed by atoms with Crippen molar-refractivity contribution >= 4 is 0 Å². The Morgan fingerprint density at radius 3 is 2.47 bits per heavy atom. The third kappa shape index (κ3) is 4.20. The van der Waals surface area contributed by atoms with Gasteiger partial charge in [-0.05, 0) is 18.2 Å². The van der Waals surface area contributed by atoms with Gasteiger partial charge in [0.15, 0.2) is 0 Å². The van der Waals surface area contributed by atoms with E-state index in [4.69, 9.17) is 5.11 Å². The fourth-order valence-corrected chi connectivity index (χ4v) is 1.25. The molecule has 1 aromatic carbocycles. The first-order valence-electron chi connectivity index (χ1n) is 4.67. The summed E-state index contributed by atoms with van der Waals surface area (Å²) in [6.07, 6.45) is -6.43. The zero-order chi connectivity index (χ0) is 13.1. The largest absolute Gasteiger partial charge is 0.573 e. The molecule has 7 heteroatoms. The van der Waals surface area contributed by atoms with E-state index >= 15 is 0 Å². The monoisotopic (exact) mass is 254 g/mol. The molecule has 1 unspecified atom stereocenters. The van der Waals surface area contributed by atoms with E-state index in [0.717, 1.165) is 18.2 Å². The molecule has 3 nitrogen and oxygen atoms in total. The lowest BCUT2D eigenvalue weighted by Gasteiger charge is -2.13. The molecule has 0 saturated heterocycles. The quantitative estimate of drug-likeness (QED) is 0.809. The van der Waals surface area contributed by atoms with Crippen LogP contribution in [0.25, 0.3) is 0 Å². The van der Waals surface area contributed by atoms with Gasteiger partial charge in [-0.3, -0.25) is 0 Å². The fourth-order valence-electron chi connectivity index (χ4n) is 1.25. The number of alkyl halides is 3. The Morgan fingerprint density at radius 1 is 1.29 bits per heavy atom. The second-order valence-corrected chi connectivity index (χ2v) is 3.26. The Labute approximate surface area is 94.3 Å². The highest BCUT2D eigenvalue weighted by atomic mass is 19.4. The van der Waals surface area contributed by atoms with E-state index < -0.39 is 30.6 Å². The number of benzene rings is 1. The third-order valence-corrected chi connectivity index (χ3v) is 1.96. The first-order chi connectivity index (χ1) is 7.83. The van der Waals surface area contributed by atoms with Crippen molar-refractivity contribution in [3.8, 4) is 5.75 Å². The van der Waals surface area contributed by atoms with E-state index in [1.54, 1.807) is 0 Å². The van der Waals surface area contributed by atoms with Crippen LogP contribution in [0.15, 0.2) is 18.2 Å². The van der Waals surface area contributed by atoms with E-state index in [1.165, 1.54) is 0 Å². The highest BCUT2D eigenvalue weighted by Crippen LogP contribution is 2.28. The van der Waals surface area contributed by atoms with Crippen molar-refractivity contribution in [2.75, 3.05) is 6.61 Å². The highest BCUT2D eigenvalue weighted by molar-refractivity contribution is 5.31. The number of rotatable bonds is 4. The maximum Gasteiger partial charge on any atom is 0.573 e. The van der Waals surface area contributed by atoms with Crippen LogP contribution in [-0.4, -0.2) is 23.2 Å². The van der Waals surface area contributed by atoms with Crippen molar-refractivity contribution in [3.63, 3.8) is 0 Å². The number of ether oxygens (including phenoxy) is 1. The van der Waals surface area contributed by atoms with Gasteiger partial charge in [-0.2, -0.15) is 0 Å². The van der Waals surface area contributed by atoms with Crippen molar-refractivity contribution in [2.24, 2.45) is 0 Å². The van der Waals surface area contributed by atoms with E-state index in [2.05, 4.69) is 4.74 Å². The highest BCUT2D eigenvalue weighted by Gasteiger charge is 2.31. The molecule has 0 saturated carbocycles. The van der Waals surface area contributed by atoms with Gasteiger partial charge < -0.3 is 14.9 Å². The van der Waals surface area contributed by atoms with Crippen LogP contribution in [0, 0.1) is 5.82 Å². The molecule has 0 aromatic heterocycles. The Hall–Kier alpha value is -1.34. The van der Waals surface area contributed by atoms with Crippen LogP contribution in [0.5, 0.6) is 5.75 Å². The normalized spacial score (nSPS) is 13.5. The number of hydrogen-bond donors (Lipinski definition) is 2. The molecule has 0 aliphatic heterocycles. The Balaban J connectivity index is 2.94. The van der Waals surface area contributed by atoms with Crippen LogP contribution >= 0.6 is 0 Å². The molecule has 0 fully saturated rings. The second-order valence-electron chi connectivity index (χ2n) is 3.26. The standard InChI is InChI=1S/C10H10F4O3/c11-8-2-1-6(17-10(12,13)14)5-7(8)9(16)3-4-15/h1-2,5,9,15-16H,3-4H2. The van der Waals surface area contributed by atoms with Gasteiger partial charge in [0, 0.05) is 18.6 Å². The van der Waals surface area contributed by atoms with Crippen LogP contribution in [0.2, 0.25) is 0 Å². The van der Waals surface area contributed by atoms with Gasteiger partial charge in [-0.15, -0.1) is 13.2 Å². The zero-order valence-corrected chi connectivity index (χ0v) is 8.54. The molecule has 0 radical (unpaired) electrons. The average molecular weight is 254 g/mol. The summed E-state index contributed by atoms with van der Waals surface area (Å²) in [5, 5.41) is 17.9. The van der Waals surface area contributed by atoms with Gasteiger partial charge in [-0.25, -0.2) is 4.39 Å². The Bertz CT molecular complexity index is 378. The molecule has 0 heterocycles. The topological polar surface area (TPSA) is 49.7 Å². The Morgan fingerprint density at radius 2 is 1.94 bits per heavy atom. The average Bonchev–Trinajstić information content (AvgIpc) is 2.19. The molecule has 0 aliphatic rings. The van der Waals surface area contributed by atoms with Crippen molar-refractivity contribution < 1.29 is 32.5 Å². The van der Waals surface area contributed by atoms with Gasteiger partial charge in [0.05, 0.1) is 6.10 Å². The van der Waals surface area contributed by atoms with Crippen LogP contribution < -0.4 is 4.74 Å². The summed E-state index contributed by atoms with van der Waals surface area (Å²) in [5.41, 5.74) is -0.346. The van der Waals surface area contributed by atoms with Crippen LogP contribution in [0.4, 0.5) is 17.6 Å². The summed E-state index contributed by atoms with van der Waals surface area (Å²) in [6.45, 7) is -0.412. The predicted molar refractivity (Wildman–Crippen MR) is 49.7 cm³/mol. The zero-order valence-electron chi connectivity index (χ0n) is 8.54. The minimum atomic E-state index is -4.88. The molecular formula is C10H10F4O3. The maximum atomic E-state index is 13.2. The minimum absolute atomic E-state index is 0.174. The van der Waals surface area contributed by atoms with Crippen molar-refractivity contribution in [1.29, 1.82) is 0 Å². The van der Waals surface area contributed by atoms with Gasteiger partial charge in [0.25, 0.3) is 0 Å². The lowest BCUT2D eigenvalue weighted by atomic mass is 10.1. The molecule has 1 atom stereocenters. The molecule has 1 rings (SSSR count). The van der Waals surface area contributed by atoms with E-state index in [1.807, 2.05) is 0 Å². The van der Waals surface area contributed by atoms with Crippen molar-refractivity contribution in [3.05, 3.63) is 29.6 Å². The summed E-state index contributed by atoms with van der Waals surface area (Å²) < 4.78 is 52.5. The fraction of sp³-hybridized carbons (Fsp3) is 0.400. The number of aliphatic hydroxyl groups is 2. The number of hydrogen-bond acceptors (Lipinski definition) is 3. The summed E-state index contributed by atoms with van der Waals surface area (Å²) in [5.74, 6) is -1.48. The molecular weight excluding hydrogens is 244 g/mol. The van der Waals surface area contributed by atoms with Gasteiger partial charge in [0.1, 0.15) is 11.6 Å². The maximum absolute atomic E-state index is 13.2. The summed E-state index contributed by atoms with van der Waals surface area (Å²) in [7, 11) is 0. The lowest BCUT2D eigenvalue weighted by Crippen LogP contribution is -2.17. The summed E-state index contributed by atoms with van der Waals surface area (Å²) >= 11 is 0. The predicted octanol–water partition coefficient (Wildman–Crippen LogP) is 2.14.